The minimum atomic E-state index is -1.18. The van der Waals surface area contributed by atoms with Crippen LogP contribution in [0.3, 0.4) is 0 Å². The average molecular weight is 507 g/mol. The largest absolute Gasteiger partial charge is 0.488 e. The molecule has 178 valence electrons. The van der Waals surface area contributed by atoms with Crippen LogP contribution < -0.4 is 4.74 Å². The minimum absolute atomic E-state index is 0.322. The fourth-order valence-corrected chi connectivity index (χ4v) is 4.51. The molecule has 0 saturated carbocycles. The van der Waals surface area contributed by atoms with Gasteiger partial charge in [0.15, 0.2) is 5.72 Å². The van der Waals surface area contributed by atoms with E-state index in [2.05, 4.69) is 21.8 Å². The number of nitrogens with zero attached hydrogens (tertiary/aromatic N) is 4. The molecule has 1 atom stereocenters. The summed E-state index contributed by atoms with van der Waals surface area (Å²) < 4.78 is 7.61. The molecule has 8 heteroatoms. The molecule has 0 amide bonds. The van der Waals surface area contributed by atoms with Gasteiger partial charge in [-0.2, -0.15) is 0 Å². The van der Waals surface area contributed by atoms with Gasteiger partial charge in [0.1, 0.15) is 18.1 Å². The second-order valence-electron chi connectivity index (χ2n) is 8.55. The average Bonchev–Trinajstić information content (AvgIpc) is 3.54. The zero-order valence-corrected chi connectivity index (χ0v) is 20.5. The molecule has 1 aromatic heterocycles. The maximum Gasteiger partial charge on any atom is 0.178 e. The lowest BCUT2D eigenvalue weighted by Crippen LogP contribution is -2.36. The predicted octanol–water partition coefficient (Wildman–Crippen LogP) is 5.85. The van der Waals surface area contributed by atoms with Crippen LogP contribution in [0.25, 0.3) is 17.0 Å². The molecule has 1 fully saturated rings. The van der Waals surface area contributed by atoms with Crippen molar-refractivity contribution in [2.24, 2.45) is 0 Å². The Kier molecular flexibility index (Phi) is 6.52. The summed E-state index contributed by atoms with van der Waals surface area (Å²) >= 11 is 12.1. The Hall–Kier alpha value is -3.32. The van der Waals surface area contributed by atoms with Crippen LogP contribution in [0.4, 0.5) is 0 Å². The number of aromatic nitrogens is 3. The molecule has 1 N–H and O–H groups in total. The number of hydrogen-bond acceptors (Lipinski definition) is 5. The first-order chi connectivity index (χ1) is 16.9. The van der Waals surface area contributed by atoms with Crippen molar-refractivity contribution in [3.63, 3.8) is 0 Å². The Morgan fingerprint density at radius 1 is 1.03 bits per heavy atom. The maximum atomic E-state index is 11.4. The highest BCUT2D eigenvalue weighted by Crippen LogP contribution is 2.34. The highest BCUT2D eigenvalue weighted by molar-refractivity contribution is 6.42. The van der Waals surface area contributed by atoms with Gasteiger partial charge in [-0.1, -0.05) is 83.5 Å². The van der Waals surface area contributed by atoms with Gasteiger partial charge in [0.25, 0.3) is 0 Å². The van der Waals surface area contributed by atoms with Crippen LogP contribution in [0.1, 0.15) is 17.5 Å². The van der Waals surface area contributed by atoms with Gasteiger partial charge < -0.3 is 14.7 Å². The molecule has 3 aromatic carbocycles. The van der Waals surface area contributed by atoms with E-state index in [4.69, 9.17) is 27.9 Å². The standard InChI is InChI=1S/C27H24Cl2N4O2/c1-19(21-7-3-2-4-8-21)32-14-13-27(34,18-32)33-16-25(30-31-33)22-9-5-6-10-26(22)35-17-20-11-12-23(28)24(29)15-20/h2-12,15-16,34H,1,13-14,17-18H2/t27-/m1/s1. The molecule has 0 bridgehead atoms. The van der Waals surface area contributed by atoms with Crippen molar-refractivity contribution in [1.29, 1.82) is 0 Å². The van der Waals surface area contributed by atoms with Crippen LogP contribution in [0.5, 0.6) is 5.75 Å². The van der Waals surface area contributed by atoms with E-state index >= 15 is 0 Å². The van der Waals surface area contributed by atoms with Crippen molar-refractivity contribution < 1.29 is 9.84 Å². The molecule has 1 aliphatic heterocycles. The van der Waals surface area contributed by atoms with E-state index in [1.54, 1.807) is 18.3 Å². The summed E-state index contributed by atoms with van der Waals surface area (Å²) in [7, 11) is 0. The van der Waals surface area contributed by atoms with Gasteiger partial charge in [-0.05, 0) is 35.4 Å². The van der Waals surface area contributed by atoms with Crippen LogP contribution in [0.15, 0.2) is 85.6 Å². The Labute approximate surface area is 214 Å². The number of hydrogen-bond donors (Lipinski definition) is 1. The van der Waals surface area contributed by atoms with Crippen molar-refractivity contribution in [1.82, 2.24) is 19.9 Å². The first-order valence-electron chi connectivity index (χ1n) is 11.2. The third-order valence-electron chi connectivity index (χ3n) is 6.18. The number of ether oxygens (including phenoxy) is 1. The van der Waals surface area contributed by atoms with Crippen molar-refractivity contribution in [3.8, 4) is 17.0 Å². The lowest BCUT2D eigenvalue weighted by atomic mass is 10.1. The summed E-state index contributed by atoms with van der Waals surface area (Å²) in [6.07, 6.45) is 2.27. The van der Waals surface area contributed by atoms with E-state index in [9.17, 15) is 5.11 Å². The topological polar surface area (TPSA) is 63.4 Å². The number of para-hydroxylation sites is 1. The van der Waals surface area contributed by atoms with Crippen molar-refractivity contribution in [2.45, 2.75) is 18.8 Å². The predicted molar refractivity (Wildman–Crippen MR) is 138 cm³/mol. The molecule has 2 heterocycles. The lowest BCUT2D eigenvalue weighted by molar-refractivity contribution is -0.0356. The van der Waals surface area contributed by atoms with Crippen molar-refractivity contribution in [2.75, 3.05) is 13.1 Å². The van der Waals surface area contributed by atoms with Crippen LogP contribution in [0.2, 0.25) is 10.0 Å². The molecule has 1 aliphatic rings. The molecular weight excluding hydrogens is 483 g/mol. The van der Waals surface area contributed by atoms with E-state index < -0.39 is 5.72 Å². The molecule has 5 rings (SSSR count). The van der Waals surface area contributed by atoms with Crippen LogP contribution in [0, 0.1) is 0 Å². The summed E-state index contributed by atoms with van der Waals surface area (Å²) in [5.74, 6) is 0.656. The zero-order valence-electron chi connectivity index (χ0n) is 18.9. The monoisotopic (exact) mass is 506 g/mol. The molecule has 1 saturated heterocycles. The number of halogens is 2. The smallest absolute Gasteiger partial charge is 0.178 e. The minimum Gasteiger partial charge on any atom is -0.488 e. The third kappa shape index (κ3) is 4.91. The maximum absolute atomic E-state index is 11.4. The molecule has 0 unspecified atom stereocenters. The molecular formula is C27H24Cl2N4O2. The lowest BCUT2D eigenvalue weighted by Gasteiger charge is -2.25. The van der Waals surface area contributed by atoms with Gasteiger partial charge in [-0.15, -0.1) is 5.10 Å². The third-order valence-corrected chi connectivity index (χ3v) is 6.92. The second-order valence-corrected chi connectivity index (χ2v) is 9.36. The molecule has 0 spiro atoms. The van der Waals surface area contributed by atoms with Gasteiger partial charge in [0.2, 0.25) is 0 Å². The summed E-state index contributed by atoms with van der Waals surface area (Å²) in [5, 5.41) is 21.0. The van der Waals surface area contributed by atoms with Crippen LogP contribution >= 0.6 is 23.2 Å². The van der Waals surface area contributed by atoms with E-state index in [0.29, 0.717) is 47.6 Å². The first-order valence-corrected chi connectivity index (χ1v) is 12.0. The number of benzene rings is 3. The normalized spacial score (nSPS) is 17.5. The highest BCUT2D eigenvalue weighted by atomic mass is 35.5. The zero-order chi connectivity index (χ0) is 24.4. The van der Waals surface area contributed by atoms with Gasteiger partial charge in [0.05, 0.1) is 22.8 Å². The van der Waals surface area contributed by atoms with E-state index in [-0.39, 0.29) is 0 Å². The summed E-state index contributed by atoms with van der Waals surface area (Å²) in [4.78, 5) is 2.07. The number of β-amino-alcohol motifs (C(OH)–C–C–N with tert-alkyl or cyclic N) is 1. The summed E-state index contributed by atoms with van der Waals surface area (Å²) in [6, 6.07) is 23.0. The quantitative estimate of drug-likeness (QED) is 0.340. The first kappa shape index (κ1) is 23.4. The van der Waals surface area contributed by atoms with E-state index in [1.165, 1.54) is 4.68 Å². The Morgan fingerprint density at radius 3 is 2.60 bits per heavy atom. The number of rotatable bonds is 7. The van der Waals surface area contributed by atoms with Crippen LogP contribution in [-0.4, -0.2) is 38.1 Å². The molecule has 0 aliphatic carbocycles. The Bertz CT molecular complexity index is 1360. The van der Waals surface area contributed by atoms with Crippen LogP contribution in [-0.2, 0) is 12.3 Å². The molecule has 0 radical (unpaired) electrons. The fraction of sp³-hybridized carbons (Fsp3) is 0.185. The van der Waals surface area contributed by atoms with E-state index in [0.717, 1.165) is 22.4 Å². The summed E-state index contributed by atoms with van der Waals surface area (Å²) in [6.45, 7) is 5.59. The molecule has 35 heavy (non-hydrogen) atoms. The molecule has 4 aromatic rings. The SMILES string of the molecule is C=C(c1ccccc1)N1CC[C@](O)(n2cc(-c3ccccc3OCc3ccc(Cl)c(Cl)c3)nn2)C1. The second kappa shape index (κ2) is 9.74. The van der Waals surface area contributed by atoms with Gasteiger partial charge >= 0.3 is 0 Å². The number of aliphatic hydroxyl groups is 1. The van der Waals surface area contributed by atoms with Gasteiger partial charge in [-0.25, -0.2) is 4.68 Å². The molecule has 6 nitrogen and oxygen atoms in total. The summed E-state index contributed by atoms with van der Waals surface area (Å²) in [5.41, 5.74) is 3.03. The highest BCUT2D eigenvalue weighted by Gasteiger charge is 2.39. The van der Waals surface area contributed by atoms with Gasteiger partial charge in [0, 0.05) is 24.2 Å². The number of likely N-dealkylation sites (tertiary alicyclic amines) is 1. The van der Waals surface area contributed by atoms with Gasteiger partial charge in [-0.3, -0.25) is 0 Å². The van der Waals surface area contributed by atoms with Crippen molar-refractivity contribution >= 4 is 28.9 Å². The Balaban J connectivity index is 1.32. The van der Waals surface area contributed by atoms with Crippen molar-refractivity contribution in [3.05, 3.63) is 107 Å². The fourth-order valence-electron chi connectivity index (χ4n) is 4.19. The Morgan fingerprint density at radius 2 is 1.80 bits per heavy atom. The van der Waals surface area contributed by atoms with E-state index in [1.807, 2.05) is 60.7 Å².